The van der Waals surface area contributed by atoms with Gasteiger partial charge in [-0.15, -0.1) is 11.3 Å². The summed E-state index contributed by atoms with van der Waals surface area (Å²) in [6, 6.07) is 76.9. The molecule has 0 fully saturated rings. The molecule has 0 aliphatic carbocycles. The summed E-state index contributed by atoms with van der Waals surface area (Å²) in [5, 5.41) is 9.87. The largest absolute Gasteiger partial charge is 0.455 e. The number of hydrogen-bond donors (Lipinski definition) is 0. The maximum Gasteiger partial charge on any atom is 0.143 e. The van der Waals surface area contributed by atoms with Gasteiger partial charge in [-0.3, -0.25) is 0 Å². The molecule has 2 heterocycles. The molecule has 12 aromatic rings. The lowest BCUT2D eigenvalue weighted by Gasteiger charge is -2.26. The minimum atomic E-state index is 0.907. The average Bonchev–Trinajstić information content (AvgIpc) is 3.89. The maximum absolute atomic E-state index is 6.46. The van der Waals surface area contributed by atoms with Gasteiger partial charge in [-0.1, -0.05) is 170 Å². The van der Waals surface area contributed by atoms with E-state index in [9.17, 15) is 0 Å². The van der Waals surface area contributed by atoms with Gasteiger partial charge < -0.3 is 9.32 Å². The van der Waals surface area contributed by atoms with Crippen molar-refractivity contribution in [3.63, 3.8) is 0 Å². The van der Waals surface area contributed by atoms with Gasteiger partial charge in [-0.2, -0.15) is 0 Å². The summed E-state index contributed by atoms with van der Waals surface area (Å²) < 4.78 is 9.02. The Kier molecular flexibility index (Phi) is 7.75. The molecular weight excluding hydrogens is 735 g/mol. The Balaban J connectivity index is 1.03. The fraction of sp³-hybridized carbons (Fsp3) is 0. The van der Waals surface area contributed by atoms with Gasteiger partial charge in [-0.25, -0.2) is 0 Å². The van der Waals surface area contributed by atoms with E-state index in [0.29, 0.717) is 0 Å². The summed E-state index contributed by atoms with van der Waals surface area (Å²) in [5.74, 6) is 0. The number of hydrogen-bond acceptors (Lipinski definition) is 3. The van der Waals surface area contributed by atoms with Gasteiger partial charge in [0.05, 0.1) is 10.4 Å². The standard InChI is InChI=1S/C56H35NOS/c1-2-13-36(14-3-1)44-21-11-23-49-50-24-12-25-52(56(50)59-55(44)49)57(40-31-27-37(28-32-40)43-20-10-22-48-47-19-8-9-26-53(47)58-54(43)48)41-33-29-38(30-34-41)51-35-39-15-4-5-16-42(39)45-17-6-7-18-46(45)51/h1-35H. The third-order valence-corrected chi connectivity index (χ3v) is 13.2. The molecule has 0 bridgehead atoms. The Morgan fingerprint density at radius 1 is 0.339 bits per heavy atom. The lowest BCUT2D eigenvalue weighted by Crippen LogP contribution is -2.10. The van der Waals surface area contributed by atoms with Crippen molar-refractivity contribution in [3.05, 3.63) is 212 Å². The lowest BCUT2D eigenvalue weighted by molar-refractivity contribution is 0.670. The van der Waals surface area contributed by atoms with Crippen LogP contribution < -0.4 is 4.90 Å². The number of anilines is 3. The maximum atomic E-state index is 6.46. The minimum absolute atomic E-state index is 0.907. The van der Waals surface area contributed by atoms with Gasteiger partial charge >= 0.3 is 0 Å². The topological polar surface area (TPSA) is 16.4 Å². The van der Waals surface area contributed by atoms with Crippen LogP contribution in [0.15, 0.2) is 217 Å². The average molecular weight is 770 g/mol. The number of para-hydroxylation sites is 2. The Hall–Kier alpha value is -7.46. The molecule has 276 valence electrons. The van der Waals surface area contributed by atoms with E-state index in [-0.39, 0.29) is 0 Å². The fourth-order valence-corrected chi connectivity index (χ4v) is 10.4. The first-order valence-corrected chi connectivity index (χ1v) is 20.9. The molecule has 0 saturated heterocycles. The normalized spacial score (nSPS) is 11.7. The molecule has 0 atom stereocenters. The Bertz CT molecular complexity index is 3540. The number of furan rings is 1. The second-order valence-corrected chi connectivity index (χ2v) is 16.2. The van der Waals surface area contributed by atoms with Gasteiger partial charge in [0.25, 0.3) is 0 Å². The molecule has 0 radical (unpaired) electrons. The molecule has 2 nitrogen and oxygen atoms in total. The number of thiophene rings is 1. The van der Waals surface area contributed by atoms with E-state index in [4.69, 9.17) is 4.42 Å². The molecular formula is C56H35NOS. The first kappa shape index (κ1) is 33.7. The predicted molar refractivity (Wildman–Crippen MR) is 253 cm³/mol. The highest BCUT2D eigenvalue weighted by atomic mass is 32.1. The molecule has 10 aromatic carbocycles. The van der Waals surface area contributed by atoms with Gasteiger partial charge in [0.2, 0.25) is 0 Å². The van der Waals surface area contributed by atoms with Crippen molar-refractivity contribution in [2.45, 2.75) is 0 Å². The molecule has 0 aliphatic heterocycles. The Labute approximate surface area is 345 Å². The molecule has 0 unspecified atom stereocenters. The minimum Gasteiger partial charge on any atom is -0.455 e. The van der Waals surface area contributed by atoms with Crippen LogP contribution in [-0.4, -0.2) is 0 Å². The van der Waals surface area contributed by atoms with E-state index in [1.807, 2.05) is 23.5 Å². The van der Waals surface area contributed by atoms with Crippen LogP contribution in [0.5, 0.6) is 0 Å². The summed E-state index contributed by atoms with van der Waals surface area (Å²) in [7, 11) is 0. The van der Waals surface area contributed by atoms with Crippen molar-refractivity contribution in [2.24, 2.45) is 0 Å². The summed E-state index contributed by atoms with van der Waals surface area (Å²) in [6.07, 6.45) is 0. The van der Waals surface area contributed by atoms with Crippen LogP contribution in [0.25, 0.3) is 97.0 Å². The molecule has 12 rings (SSSR count). The zero-order valence-electron chi connectivity index (χ0n) is 32.0. The van der Waals surface area contributed by atoms with Gasteiger partial charge in [-0.05, 0) is 91.8 Å². The summed E-state index contributed by atoms with van der Waals surface area (Å²) in [6.45, 7) is 0. The second-order valence-electron chi connectivity index (χ2n) is 15.2. The molecule has 59 heavy (non-hydrogen) atoms. The van der Waals surface area contributed by atoms with Crippen molar-refractivity contribution >= 4 is 92.1 Å². The lowest BCUT2D eigenvalue weighted by atomic mass is 9.93. The zero-order valence-corrected chi connectivity index (χ0v) is 32.8. The highest BCUT2D eigenvalue weighted by Gasteiger charge is 2.21. The third kappa shape index (κ3) is 5.47. The van der Waals surface area contributed by atoms with E-state index >= 15 is 0 Å². The van der Waals surface area contributed by atoms with Crippen molar-refractivity contribution < 1.29 is 4.42 Å². The summed E-state index contributed by atoms with van der Waals surface area (Å²) in [5.41, 5.74) is 12.3. The Morgan fingerprint density at radius 2 is 0.881 bits per heavy atom. The monoisotopic (exact) mass is 769 g/mol. The molecule has 0 aliphatic rings. The predicted octanol–water partition coefficient (Wildman–Crippen LogP) is 16.7. The van der Waals surface area contributed by atoms with Crippen molar-refractivity contribution in [3.8, 4) is 33.4 Å². The van der Waals surface area contributed by atoms with Gasteiger partial charge in [0.1, 0.15) is 11.2 Å². The van der Waals surface area contributed by atoms with E-state index in [0.717, 1.165) is 50.1 Å². The molecule has 0 spiro atoms. The van der Waals surface area contributed by atoms with Crippen molar-refractivity contribution in [2.75, 3.05) is 4.90 Å². The van der Waals surface area contributed by atoms with Crippen LogP contribution in [0, 0.1) is 0 Å². The smallest absolute Gasteiger partial charge is 0.143 e. The van der Waals surface area contributed by atoms with E-state index in [1.54, 1.807) is 0 Å². The van der Waals surface area contributed by atoms with Gasteiger partial charge in [0.15, 0.2) is 0 Å². The number of benzene rings is 10. The molecule has 0 amide bonds. The third-order valence-electron chi connectivity index (χ3n) is 11.9. The number of rotatable bonds is 6. The number of nitrogens with zero attached hydrogens (tertiary/aromatic N) is 1. The highest BCUT2D eigenvalue weighted by Crippen LogP contribution is 2.48. The van der Waals surface area contributed by atoms with Crippen molar-refractivity contribution in [1.29, 1.82) is 0 Å². The first-order chi connectivity index (χ1) is 29.3. The van der Waals surface area contributed by atoms with Crippen LogP contribution >= 0.6 is 11.3 Å². The summed E-state index contributed by atoms with van der Waals surface area (Å²) in [4.78, 5) is 2.42. The van der Waals surface area contributed by atoms with Crippen molar-refractivity contribution in [1.82, 2.24) is 0 Å². The first-order valence-electron chi connectivity index (χ1n) is 20.1. The summed E-state index contributed by atoms with van der Waals surface area (Å²) >= 11 is 1.88. The van der Waals surface area contributed by atoms with Crippen LogP contribution in [-0.2, 0) is 0 Å². The van der Waals surface area contributed by atoms with E-state index in [1.165, 1.54) is 64.0 Å². The highest BCUT2D eigenvalue weighted by molar-refractivity contribution is 7.27. The molecule has 3 heteroatoms. The number of fused-ring (bicyclic) bond motifs is 9. The second kappa shape index (κ2) is 13.6. The molecule has 0 saturated carbocycles. The van der Waals surface area contributed by atoms with Crippen LogP contribution in [0.2, 0.25) is 0 Å². The zero-order chi connectivity index (χ0) is 38.9. The van der Waals surface area contributed by atoms with Gasteiger partial charge in [0, 0.05) is 43.2 Å². The molecule has 2 aromatic heterocycles. The van der Waals surface area contributed by atoms with Crippen LogP contribution in [0.3, 0.4) is 0 Å². The Morgan fingerprint density at radius 3 is 1.64 bits per heavy atom. The van der Waals surface area contributed by atoms with Crippen LogP contribution in [0.1, 0.15) is 0 Å². The van der Waals surface area contributed by atoms with E-state index in [2.05, 4.69) is 205 Å². The SMILES string of the molecule is c1ccc(-c2cccc3c2sc2c(N(c4ccc(-c5cc6ccccc6c6ccccc56)cc4)c4ccc(-c5cccc6c5oc5ccccc56)cc4)cccc23)cc1. The molecule has 0 N–H and O–H groups in total. The fourth-order valence-electron chi connectivity index (χ4n) is 9.10. The quantitative estimate of drug-likeness (QED) is 0.157. The van der Waals surface area contributed by atoms with E-state index < -0.39 is 0 Å². The van der Waals surface area contributed by atoms with Crippen LogP contribution in [0.4, 0.5) is 17.1 Å².